The Balaban J connectivity index is 3.43. The fourth-order valence-electron chi connectivity index (χ4n) is 0.679. The van der Waals surface area contributed by atoms with Crippen molar-refractivity contribution in [1.29, 1.82) is 0 Å². The van der Waals surface area contributed by atoms with Gasteiger partial charge in [0.15, 0.2) is 0 Å². The van der Waals surface area contributed by atoms with Crippen molar-refractivity contribution in [3.8, 4) is 0 Å². The summed E-state index contributed by atoms with van der Waals surface area (Å²) < 4.78 is 21.6. The van der Waals surface area contributed by atoms with E-state index in [1.54, 1.807) is 0 Å². The first-order valence-electron chi connectivity index (χ1n) is 3.07. The van der Waals surface area contributed by atoms with Crippen LogP contribution in [0, 0.1) is 10.1 Å². The molecule has 0 unspecified atom stereocenters. The summed E-state index contributed by atoms with van der Waals surface area (Å²) in [6.07, 6.45) is 0. The van der Waals surface area contributed by atoms with E-state index in [2.05, 4.69) is 4.98 Å². The van der Waals surface area contributed by atoms with Crippen LogP contribution < -0.4 is 0 Å². The van der Waals surface area contributed by atoms with E-state index in [0.29, 0.717) is 0 Å². The molecule has 76 valence electrons. The number of aromatic nitrogens is 1. The Bertz CT molecular complexity index is 487. The van der Waals surface area contributed by atoms with Crippen molar-refractivity contribution >= 4 is 37.2 Å². The zero-order valence-electron chi connectivity index (χ0n) is 6.35. The van der Waals surface area contributed by atoms with Crippen LogP contribution in [0.2, 0.25) is 5.02 Å². The van der Waals surface area contributed by atoms with Crippen LogP contribution in [0.1, 0.15) is 0 Å². The van der Waals surface area contributed by atoms with Gasteiger partial charge >= 0.3 is 14.9 Å². The normalized spacial score (nSPS) is 11.3. The van der Waals surface area contributed by atoms with E-state index in [0.717, 1.165) is 12.1 Å². The third kappa shape index (κ3) is 2.53. The van der Waals surface area contributed by atoms with Gasteiger partial charge in [-0.3, -0.25) is 0 Å². The molecule has 0 spiro atoms. The number of pyridine rings is 1. The molecule has 0 amide bonds. The molecule has 0 aliphatic carbocycles. The number of rotatable bonds is 2. The third-order valence-corrected chi connectivity index (χ3v) is 2.59. The van der Waals surface area contributed by atoms with Gasteiger partial charge in [-0.05, 0) is 9.91 Å². The SMILES string of the molecule is O=[N+]([O-])c1cc(Cl)cc(S(=O)(=O)Cl)n1. The van der Waals surface area contributed by atoms with Crippen LogP contribution in [0.5, 0.6) is 0 Å². The van der Waals surface area contributed by atoms with Crippen molar-refractivity contribution in [2.75, 3.05) is 0 Å². The maximum absolute atomic E-state index is 10.8. The van der Waals surface area contributed by atoms with E-state index in [-0.39, 0.29) is 5.02 Å². The molecule has 0 saturated carbocycles. The first-order valence-corrected chi connectivity index (χ1v) is 5.76. The number of nitro groups is 1. The highest BCUT2D eigenvalue weighted by Crippen LogP contribution is 2.21. The van der Waals surface area contributed by atoms with Gasteiger partial charge in [0.25, 0.3) is 5.03 Å². The molecule has 0 bridgehead atoms. The Hall–Kier alpha value is -0.920. The average Bonchev–Trinajstić information content (AvgIpc) is 2.01. The molecule has 14 heavy (non-hydrogen) atoms. The molecule has 0 atom stereocenters. The Morgan fingerprint density at radius 3 is 2.43 bits per heavy atom. The summed E-state index contributed by atoms with van der Waals surface area (Å²) >= 11 is 5.43. The molecular formula is C5H2Cl2N2O4S. The summed E-state index contributed by atoms with van der Waals surface area (Å²) in [5.41, 5.74) is 0. The minimum atomic E-state index is -4.11. The van der Waals surface area contributed by atoms with Crippen molar-refractivity contribution < 1.29 is 13.3 Å². The summed E-state index contributed by atoms with van der Waals surface area (Å²) in [5.74, 6) is -0.670. The van der Waals surface area contributed by atoms with Gasteiger partial charge in [-0.2, -0.15) is 0 Å². The van der Waals surface area contributed by atoms with Crippen LogP contribution in [0.15, 0.2) is 17.2 Å². The van der Waals surface area contributed by atoms with Gasteiger partial charge in [0, 0.05) is 16.7 Å². The number of hydrogen-bond acceptors (Lipinski definition) is 5. The smallest absolute Gasteiger partial charge is 0.358 e. The Morgan fingerprint density at radius 2 is 2.00 bits per heavy atom. The van der Waals surface area contributed by atoms with Gasteiger partial charge in [-0.25, -0.2) is 8.42 Å². The van der Waals surface area contributed by atoms with Crippen molar-refractivity contribution in [2.45, 2.75) is 5.03 Å². The molecule has 1 heterocycles. The number of nitrogens with zero attached hydrogens (tertiary/aromatic N) is 2. The maximum atomic E-state index is 10.8. The molecule has 0 aromatic carbocycles. The molecule has 0 N–H and O–H groups in total. The lowest BCUT2D eigenvalue weighted by atomic mass is 10.5. The quantitative estimate of drug-likeness (QED) is 0.455. The minimum absolute atomic E-state index is 0.120. The second kappa shape index (κ2) is 3.68. The van der Waals surface area contributed by atoms with Crippen molar-refractivity contribution in [1.82, 2.24) is 4.98 Å². The minimum Gasteiger partial charge on any atom is -0.358 e. The summed E-state index contributed by atoms with van der Waals surface area (Å²) in [7, 11) is 0.827. The van der Waals surface area contributed by atoms with E-state index in [4.69, 9.17) is 22.3 Å². The fraction of sp³-hybridized carbons (Fsp3) is 0. The van der Waals surface area contributed by atoms with Crippen LogP contribution in [-0.2, 0) is 9.05 Å². The first-order chi connectivity index (χ1) is 6.30. The molecule has 1 rings (SSSR count). The molecular weight excluding hydrogens is 255 g/mol. The molecule has 1 aromatic rings. The lowest BCUT2D eigenvalue weighted by molar-refractivity contribution is -0.390. The Kier molecular flexibility index (Phi) is 2.93. The predicted molar refractivity (Wildman–Crippen MR) is 48.9 cm³/mol. The lowest BCUT2D eigenvalue weighted by Crippen LogP contribution is -1.99. The largest absolute Gasteiger partial charge is 0.366 e. The molecule has 0 fully saturated rings. The maximum Gasteiger partial charge on any atom is 0.366 e. The molecule has 1 aromatic heterocycles. The van der Waals surface area contributed by atoms with Gasteiger partial charge in [0.1, 0.15) is 0 Å². The zero-order chi connectivity index (χ0) is 10.9. The number of halogens is 2. The Labute approximate surface area is 88.0 Å². The molecule has 6 nitrogen and oxygen atoms in total. The van der Waals surface area contributed by atoms with Gasteiger partial charge in [-0.1, -0.05) is 11.6 Å². The molecule has 9 heteroatoms. The molecule has 0 aliphatic heterocycles. The van der Waals surface area contributed by atoms with Crippen molar-refractivity contribution in [3.63, 3.8) is 0 Å². The van der Waals surface area contributed by atoms with Crippen LogP contribution in [0.3, 0.4) is 0 Å². The van der Waals surface area contributed by atoms with E-state index in [9.17, 15) is 18.5 Å². The first kappa shape index (κ1) is 11.2. The van der Waals surface area contributed by atoms with Crippen molar-refractivity contribution in [3.05, 3.63) is 27.3 Å². The van der Waals surface area contributed by atoms with Crippen LogP contribution in [-0.4, -0.2) is 18.3 Å². The molecule has 0 radical (unpaired) electrons. The summed E-state index contributed by atoms with van der Waals surface area (Å²) in [6.45, 7) is 0. The Morgan fingerprint density at radius 1 is 1.43 bits per heavy atom. The third-order valence-electron chi connectivity index (χ3n) is 1.19. The van der Waals surface area contributed by atoms with E-state index < -0.39 is 24.8 Å². The van der Waals surface area contributed by atoms with Crippen LogP contribution >= 0.6 is 22.3 Å². The second-order valence-electron chi connectivity index (χ2n) is 2.18. The van der Waals surface area contributed by atoms with Gasteiger partial charge in [0.2, 0.25) is 0 Å². The van der Waals surface area contributed by atoms with Crippen molar-refractivity contribution in [2.24, 2.45) is 0 Å². The predicted octanol–water partition coefficient (Wildman–Crippen LogP) is 1.57. The van der Waals surface area contributed by atoms with E-state index in [1.807, 2.05) is 0 Å². The zero-order valence-corrected chi connectivity index (χ0v) is 8.67. The van der Waals surface area contributed by atoms with E-state index >= 15 is 0 Å². The standard InChI is InChI=1S/C5H2Cl2N2O4S/c6-3-1-4(9(10)11)8-5(2-3)14(7,12)13/h1-2H. The van der Waals surface area contributed by atoms with Gasteiger partial charge in [0.05, 0.1) is 11.1 Å². The molecule has 0 aliphatic rings. The van der Waals surface area contributed by atoms with Crippen LogP contribution in [0.4, 0.5) is 5.82 Å². The highest BCUT2D eigenvalue weighted by Gasteiger charge is 2.22. The average molecular weight is 257 g/mol. The summed E-state index contributed by atoms with van der Waals surface area (Å²) in [4.78, 5) is 12.6. The van der Waals surface area contributed by atoms with Gasteiger partial charge < -0.3 is 10.1 Å². The fourth-order valence-corrected chi connectivity index (χ4v) is 1.65. The monoisotopic (exact) mass is 256 g/mol. The highest BCUT2D eigenvalue weighted by atomic mass is 35.7. The summed E-state index contributed by atoms with van der Waals surface area (Å²) in [6, 6.07) is 1.85. The summed E-state index contributed by atoms with van der Waals surface area (Å²) in [5, 5.41) is 9.52. The lowest BCUT2D eigenvalue weighted by Gasteiger charge is -1.94. The highest BCUT2D eigenvalue weighted by molar-refractivity contribution is 8.13. The number of hydrogen-bond donors (Lipinski definition) is 0. The second-order valence-corrected chi connectivity index (χ2v) is 5.13. The molecule has 0 saturated heterocycles. The topological polar surface area (TPSA) is 90.2 Å². The van der Waals surface area contributed by atoms with Crippen LogP contribution in [0.25, 0.3) is 0 Å². The van der Waals surface area contributed by atoms with Gasteiger partial charge in [-0.15, -0.1) is 0 Å². The van der Waals surface area contributed by atoms with E-state index in [1.165, 1.54) is 0 Å².